The highest BCUT2D eigenvalue weighted by atomic mass is 79.9. The molecule has 0 fully saturated rings. The molecule has 0 N–H and O–H groups in total. The molecule has 2 aromatic carbocycles. The molecule has 4 aromatic rings. The predicted octanol–water partition coefficient (Wildman–Crippen LogP) is 6.61. The van der Waals surface area contributed by atoms with Gasteiger partial charge in [0.2, 0.25) is 0 Å². The number of aromatic nitrogens is 2. The first kappa shape index (κ1) is 19.3. The van der Waals surface area contributed by atoms with Gasteiger partial charge in [-0.1, -0.05) is 56.5 Å². The van der Waals surface area contributed by atoms with Gasteiger partial charge in [0.25, 0.3) is 5.91 Å². The van der Waals surface area contributed by atoms with Gasteiger partial charge in [0.1, 0.15) is 0 Å². The van der Waals surface area contributed by atoms with Crippen LogP contribution >= 0.6 is 50.5 Å². The first-order chi connectivity index (χ1) is 13.5. The van der Waals surface area contributed by atoms with Gasteiger partial charge in [-0.05, 0) is 48.5 Å². The van der Waals surface area contributed by atoms with E-state index in [9.17, 15) is 4.79 Å². The number of fused-ring (bicyclic) bond motifs is 1. The maximum atomic E-state index is 13.4. The highest BCUT2D eigenvalue weighted by molar-refractivity contribution is 9.10. The van der Waals surface area contributed by atoms with Gasteiger partial charge in [-0.25, -0.2) is 4.98 Å². The van der Waals surface area contributed by atoms with Gasteiger partial charge in [0.05, 0.1) is 33.0 Å². The van der Waals surface area contributed by atoms with E-state index < -0.39 is 0 Å². The molecule has 0 bridgehead atoms. The van der Waals surface area contributed by atoms with Crippen molar-refractivity contribution in [3.63, 3.8) is 0 Å². The Kier molecular flexibility index (Phi) is 5.64. The Morgan fingerprint density at radius 1 is 1.11 bits per heavy atom. The summed E-state index contributed by atoms with van der Waals surface area (Å²) < 4.78 is 1.93. The SMILES string of the molecule is O=C(c1cc(Cl)ccc1Cl)N(Cc1ccccn1)c1nc2ccc(Br)cc2s1. The second kappa shape index (κ2) is 8.17. The third kappa shape index (κ3) is 4.05. The maximum absolute atomic E-state index is 13.4. The predicted molar refractivity (Wildman–Crippen MR) is 119 cm³/mol. The number of rotatable bonds is 4. The average molecular weight is 493 g/mol. The fourth-order valence-electron chi connectivity index (χ4n) is 2.69. The van der Waals surface area contributed by atoms with E-state index in [2.05, 4.69) is 25.9 Å². The van der Waals surface area contributed by atoms with Crippen LogP contribution in [0.4, 0.5) is 5.13 Å². The zero-order valence-electron chi connectivity index (χ0n) is 14.3. The summed E-state index contributed by atoms with van der Waals surface area (Å²) in [7, 11) is 0. The molecule has 1 amide bonds. The minimum Gasteiger partial charge on any atom is -0.278 e. The molecule has 0 radical (unpaired) electrons. The van der Waals surface area contributed by atoms with E-state index in [-0.39, 0.29) is 12.5 Å². The molecule has 2 aromatic heterocycles. The van der Waals surface area contributed by atoms with Gasteiger partial charge in [-0.2, -0.15) is 0 Å². The minimum atomic E-state index is -0.281. The topological polar surface area (TPSA) is 46.1 Å². The van der Waals surface area contributed by atoms with E-state index in [4.69, 9.17) is 23.2 Å². The van der Waals surface area contributed by atoms with Crippen LogP contribution in [0, 0.1) is 0 Å². The highest BCUT2D eigenvalue weighted by Gasteiger charge is 2.24. The van der Waals surface area contributed by atoms with Crippen LogP contribution in [0.25, 0.3) is 10.2 Å². The fraction of sp³-hybridized carbons (Fsp3) is 0.0500. The van der Waals surface area contributed by atoms with E-state index in [1.54, 1.807) is 29.3 Å². The number of carbonyl (C=O) groups is 1. The Hall–Kier alpha value is -1.99. The Morgan fingerprint density at radius 3 is 2.75 bits per heavy atom. The maximum Gasteiger partial charge on any atom is 0.262 e. The second-order valence-corrected chi connectivity index (χ2v) is 8.71. The molecule has 0 saturated carbocycles. The smallest absolute Gasteiger partial charge is 0.262 e. The van der Waals surface area contributed by atoms with Crippen molar-refractivity contribution >= 4 is 71.7 Å². The van der Waals surface area contributed by atoms with Crippen LogP contribution in [0.3, 0.4) is 0 Å². The number of nitrogens with zero attached hydrogens (tertiary/aromatic N) is 3. The molecule has 8 heteroatoms. The summed E-state index contributed by atoms with van der Waals surface area (Å²) in [5.74, 6) is -0.281. The number of hydrogen-bond acceptors (Lipinski definition) is 4. The molecular formula is C20H12BrCl2N3OS. The summed E-state index contributed by atoms with van der Waals surface area (Å²) in [6.45, 7) is 0.267. The van der Waals surface area contributed by atoms with E-state index in [0.717, 1.165) is 20.4 Å². The van der Waals surface area contributed by atoms with E-state index in [0.29, 0.717) is 20.7 Å². The van der Waals surface area contributed by atoms with E-state index >= 15 is 0 Å². The van der Waals surface area contributed by atoms with Crippen molar-refractivity contribution in [3.8, 4) is 0 Å². The third-order valence-electron chi connectivity index (χ3n) is 4.02. The van der Waals surface area contributed by atoms with Crippen molar-refractivity contribution < 1.29 is 4.79 Å². The number of thiazole rings is 1. The molecule has 0 spiro atoms. The van der Waals surface area contributed by atoms with Crippen LogP contribution in [0.5, 0.6) is 0 Å². The minimum absolute atomic E-state index is 0.267. The zero-order valence-corrected chi connectivity index (χ0v) is 18.2. The van der Waals surface area contributed by atoms with Crippen LogP contribution in [-0.4, -0.2) is 15.9 Å². The number of pyridine rings is 1. The summed E-state index contributed by atoms with van der Waals surface area (Å²) in [6, 6.07) is 16.2. The molecule has 4 rings (SSSR count). The Labute approximate surface area is 183 Å². The zero-order chi connectivity index (χ0) is 19.7. The normalized spacial score (nSPS) is 11.0. The van der Waals surface area contributed by atoms with Gasteiger partial charge >= 0.3 is 0 Å². The second-order valence-electron chi connectivity index (χ2n) is 5.95. The fourth-order valence-corrected chi connectivity index (χ4v) is 4.57. The van der Waals surface area contributed by atoms with Gasteiger partial charge < -0.3 is 0 Å². The number of benzene rings is 2. The van der Waals surface area contributed by atoms with Crippen molar-refractivity contribution in [2.45, 2.75) is 6.54 Å². The lowest BCUT2D eigenvalue weighted by atomic mass is 10.2. The van der Waals surface area contributed by atoms with Crippen molar-refractivity contribution in [1.29, 1.82) is 0 Å². The molecule has 0 atom stereocenters. The Morgan fingerprint density at radius 2 is 1.96 bits per heavy atom. The summed E-state index contributed by atoms with van der Waals surface area (Å²) >= 11 is 17.3. The molecule has 0 aliphatic heterocycles. The van der Waals surface area contributed by atoms with Crippen molar-refractivity contribution in [1.82, 2.24) is 9.97 Å². The standard InChI is InChI=1S/C20H12BrCl2N3OS/c21-12-4-7-17-18(9-12)28-20(25-17)26(11-14-3-1-2-8-24-14)19(27)15-10-13(22)5-6-16(15)23/h1-10H,11H2. The molecule has 2 heterocycles. The van der Waals surface area contributed by atoms with Gasteiger partial charge in [-0.15, -0.1) is 0 Å². The molecule has 140 valence electrons. The first-order valence-electron chi connectivity index (χ1n) is 8.24. The number of amides is 1. The van der Waals surface area contributed by atoms with E-state index in [1.807, 2.05) is 36.4 Å². The molecular weight excluding hydrogens is 481 g/mol. The summed E-state index contributed by atoms with van der Waals surface area (Å²) in [5, 5.41) is 1.35. The molecule has 0 unspecified atom stereocenters. The van der Waals surface area contributed by atoms with Crippen molar-refractivity contribution in [3.05, 3.63) is 86.6 Å². The Bertz CT molecular complexity index is 1170. The number of halogens is 3. The van der Waals surface area contributed by atoms with Gasteiger partial charge in [0, 0.05) is 15.7 Å². The van der Waals surface area contributed by atoms with Crippen molar-refractivity contribution in [2.24, 2.45) is 0 Å². The van der Waals surface area contributed by atoms with Gasteiger partial charge in [0.15, 0.2) is 5.13 Å². The number of carbonyl (C=O) groups excluding carboxylic acids is 1. The average Bonchev–Trinajstić information content (AvgIpc) is 3.11. The lowest BCUT2D eigenvalue weighted by molar-refractivity contribution is 0.0985. The largest absolute Gasteiger partial charge is 0.278 e. The molecule has 0 aliphatic rings. The van der Waals surface area contributed by atoms with E-state index in [1.165, 1.54) is 11.3 Å². The first-order valence-corrected chi connectivity index (χ1v) is 10.6. The lowest BCUT2D eigenvalue weighted by Crippen LogP contribution is -2.31. The van der Waals surface area contributed by atoms with Crippen LogP contribution < -0.4 is 4.90 Å². The van der Waals surface area contributed by atoms with Crippen molar-refractivity contribution in [2.75, 3.05) is 4.90 Å². The highest BCUT2D eigenvalue weighted by Crippen LogP contribution is 2.33. The number of anilines is 1. The summed E-state index contributed by atoms with van der Waals surface area (Å²) in [4.78, 5) is 24.0. The molecule has 0 saturated heterocycles. The van der Waals surface area contributed by atoms with Crippen LogP contribution in [0.15, 0.2) is 65.3 Å². The van der Waals surface area contributed by atoms with Crippen LogP contribution in [0.1, 0.15) is 16.1 Å². The summed E-state index contributed by atoms with van der Waals surface area (Å²) in [5.41, 5.74) is 1.89. The molecule has 0 aliphatic carbocycles. The molecule has 4 nitrogen and oxygen atoms in total. The monoisotopic (exact) mass is 491 g/mol. The quantitative estimate of drug-likeness (QED) is 0.322. The Balaban J connectivity index is 1.80. The van der Waals surface area contributed by atoms with Gasteiger partial charge in [-0.3, -0.25) is 14.7 Å². The third-order valence-corrected chi connectivity index (χ3v) is 6.12. The molecule has 28 heavy (non-hydrogen) atoms. The summed E-state index contributed by atoms with van der Waals surface area (Å²) in [6.07, 6.45) is 1.69. The lowest BCUT2D eigenvalue weighted by Gasteiger charge is -2.20. The number of hydrogen-bond donors (Lipinski definition) is 0. The van der Waals surface area contributed by atoms with Crippen LogP contribution in [0.2, 0.25) is 10.0 Å². The van der Waals surface area contributed by atoms with Crippen LogP contribution in [-0.2, 0) is 6.54 Å².